The first-order valence-electron chi connectivity index (χ1n) is 6.10. The Labute approximate surface area is 96.7 Å². The Bertz CT molecular complexity index is 138. The lowest BCUT2D eigenvalue weighted by atomic mass is 9.98. The third kappa shape index (κ3) is 4.79. The van der Waals surface area contributed by atoms with E-state index in [-0.39, 0.29) is 0 Å². The number of halogens is 1. The molecule has 1 rings (SSSR count). The fourth-order valence-electron chi connectivity index (χ4n) is 1.97. The lowest BCUT2D eigenvalue weighted by Gasteiger charge is -2.25. The van der Waals surface area contributed by atoms with Crippen LogP contribution in [0, 0.1) is 0 Å². The van der Waals surface area contributed by atoms with Crippen LogP contribution in [-0.4, -0.2) is 17.5 Å². The first kappa shape index (κ1) is 12.5. The van der Waals surface area contributed by atoms with Crippen molar-refractivity contribution in [2.24, 2.45) is 0 Å². The van der Waals surface area contributed by atoms with Gasteiger partial charge in [-0.25, -0.2) is 0 Å². The zero-order valence-electron chi connectivity index (χ0n) is 9.30. The zero-order valence-corrected chi connectivity index (χ0v) is 10.9. The van der Waals surface area contributed by atoms with Gasteiger partial charge in [0.1, 0.15) is 0 Å². The molecule has 2 unspecified atom stereocenters. The molecule has 0 N–H and O–H groups in total. The number of rotatable bonds is 4. The van der Waals surface area contributed by atoms with Crippen LogP contribution in [0.25, 0.3) is 0 Å². The molecule has 0 aromatic carbocycles. The molecule has 1 nitrogen and oxygen atoms in total. The van der Waals surface area contributed by atoms with E-state index in [1.54, 1.807) is 0 Å². The van der Waals surface area contributed by atoms with Gasteiger partial charge in [-0.05, 0) is 19.3 Å². The van der Waals surface area contributed by atoms with Crippen LogP contribution < -0.4 is 0 Å². The number of hydrogen-bond acceptors (Lipinski definition) is 1. The highest BCUT2D eigenvalue weighted by molar-refractivity contribution is 9.09. The van der Waals surface area contributed by atoms with E-state index in [4.69, 9.17) is 4.74 Å². The highest BCUT2D eigenvalue weighted by atomic mass is 79.9. The van der Waals surface area contributed by atoms with Crippen molar-refractivity contribution in [2.75, 3.05) is 6.61 Å². The smallest absolute Gasteiger partial charge is 0.0700 e. The topological polar surface area (TPSA) is 9.23 Å². The summed E-state index contributed by atoms with van der Waals surface area (Å²) in [5, 5.41) is 0. The summed E-state index contributed by atoms with van der Waals surface area (Å²) in [5.74, 6) is 0. The number of alkyl halides is 1. The second-order valence-electron chi connectivity index (χ2n) is 4.27. The average molecular weight is 263 g/mol. The van der Waals surface area contributed by atoms with Crippen molar-refractivity contribution < 1.29 is 4.74 Å². The molecule has 2 heteroatoms. The minimum absolute atomic E-state index is 0.474. The fraction of sp³-hybridized carbons (Fsp3) is 1.00. The summed E-state index contributed by atoms with van der Waals surface area (Å²) in [6.07, 6.45) is 11.0. The van der Waals surface area contributed by atoms with Gasteiger partial charge in [0, 0.05) is 11.4 Å². The molecule has 0 aliphatic heterocycles. The van der Waals surface area contributed by atoms with Gasteiger partial charge in [0.25, 0.3) is 0 Å². The van der Waals surface area contributed by atoms with E-state index >= 15 is 0 Å². The molecule has 1 fully saturated rings. The maximum atomic E-state index is 5.92. The Morgan fingerprint density at radius 3 is 2.57 bits per heavy atom. The normalized spacial score (nSPS) is 29.6. The molecule has 0 aromatic heterocycles. The molecule has 84 valence electrons. The first-order valence-corrected chi connectivity index (χ1v) is 7.02. The molecule has 0 radical (unpaired) electrons. The maximum Gasteiger partial charge on any atom is 0.0700 e. The predicted octanol–water partition coefficient (Wildman–Crippen LogP) is 4.29. The molecule has 2 atom stereocenters. The molecule has 1 aliphatic rings. The second kappa shape index (κ2) is 7.70. The SMILES string of the molecule is CCCCOC1CCCCCCC1Br. The molecule has 0 spiro atoms. The van der Waals surface area contributed by atoms with E-state index in [9.17, 15) is 0 Å². The van der Waals surface area contributed by atoms with E-state index in [0.29, 0.717) is 10.9 Å². The summed E-state index contributed by atoms with van der Waals surface area (Å²) in [7, 11) is 0. The summed E-state index contributed by atoms with van der Waals surface area (Å²) in [6.45, 7) is 3.16. The molecular formula is C12H23BrO. The molecule has 1 saturated carbocycles. The maximum absolute atomic E-state index is 5.92. The highest BCUT2D eigenvalue weighted by Gasteiger charge is 2.20. The van der Waals surface area contributed by atoms with Crippen LogP contribution >= 0.6 is 15.9 Å². The third-order valence-corrected chi connectivity index (χ3v) is 4.00. The van der Waals surface area contributed by atoms with E-state index in [1.165, 1.54) is 51.4 Å². The van der Waals surface area contributed by atoms with Crippen LogP contribution in [0.2, 0.25) is 0 Å². The first-order chi connectivity index (χ1) is 6.84. The fourth-order valence-corrected chi connectivity index (χ4v) is 2.71. The van der Waals surface area contributed by atoms with E-state index in [1.807, 2.05) is 0 Å². The molecule has 0 bridgehead atoms. The summed E-state index contributed by atoms with van der Waals surface area (Å²) in [5.41, 5.74) is 0. The van der Waals surface area contributed by atoms with Gasteiger partial charge in [-0.1, -0.05) is 55.0 Å². The van der Waals surface area contributed by atoms with Crippen LogP contribution in [0.1, 0.15) is 58.3 Å². The number of hydrogen-bond donors (Lipinski definition) is 0. The Hall–Kier alpha value is 0.440. The molecule has 0 amide bonds. The van der Waals surface area contributed by atoms with Crippen LogP contribution in [-0.2, 0) is 4.74 Å². The van der Waals surface area contributed by atoms with Crippen LogP contribution in [0.5, 0.6) is 0 Å². The molecular weight excluding hydrogens is 240 g/mol. The van der Waals surface area contributed by atoms with Crippen molar-refractivity contribution in [1.29, 1.82) is 0 Å². The van der Waals surface area contributed by atoms with E-state index in [0.717, 1.165) is 6.61 Å². The molecule has 1 aliphatic carbocycles. The summed E-state index contributed by atoms with van der Waals surface area (Å²) < 4.78 is 5.92. The van der Waals surface area contributed by atoms with Crippen LogP contribution in [0.4, 0.5) is 0 Å². The van der Waals surface area contributed by atoms with Crippen molar-refractivity contribution >= 4 is 15.9 Å². The standard InChI is InChI=1S/C12H23BrO/c1-2-3-10-14-12-9-7-5-4-6-8-11(12)13/h11-12H,2-10H2,1H3. The number of ether oxygens (including phenoxy) is 1. The van der Waals surface area contributed by atoms with Gasteiger partial charge in [0.15, 0.2) is 0 Å². The Kier molecular flexibility index (Phi) is 6.88. The minimum atomic E-state index is 0.474. The van der Waals surface area contributed by atoms with E-state index in [2.05, 4.69) is 22.9 Å². The zero-order chi connectivity index (χ0) is 10.2. The van der Waals surface area contributed by atoms with Gasteiger partial charge in [0.05, 0.1) is 6.10 Å². The Balaban J connectivity index is 2.22. The second-order valence-corrected chi connectivity index (χ2v) is 5.45. The minimum Gasteiger partial charge on any atom is -0.377 e. The average Bonchev–Trinajstić information content (AvgIpc) is 2.17. The van der Waals surface area contributed by atoms with Gasteiger partial charge in [0.2, 0.25) is 0 Å². The van der Waals surface area contributed by atoms with Crippen LogP contribution in [0.3, 0.4) is 0 Å². The van der Waals surface area contributed by atoms with Gasteiger partial charge in [-0.15, -0.1) is 0 Å². The molecule has 0 saturated heterocycles. The Morgan fingerprint density at radius 1 is 1.14 bits per heavy atom. The lowest BCUT2D eigenvalue weighted by molar-refractivity contribution is 0.0394. The largest absolute Gasteiger partial charge is 0.377 e. The van der Waals surface area contributed by atoms with Crippen molar-refractivity contribution in [3.8, 4) is 0 Å². The monoisotopic (exact) mass is 262 g/mol. The third-order valence-electron chi connectivity index (χ3n) is 2.95. The van der Waals surface area contributed by atoms with Gasteiger partial charge >= 0.3 is 0 Å². The predicted molar refractivity (Wildman–Crippen MR) is 65.1 cm³/mol. The van der Waals surface area contributed by atoms with Crippen LogP contribution in [0.15, 0.2) is 0 Å². The highest BCUT2D eigenvalue weighted by Crippen LogP contribution is 2.25. The van der Waals surface area contributed by atoms with Gasteiger partial charge in [-0.3, -0.25) is 0 Å². The quantitative estimate of drug-likeness (QED) is 0.543. The van der Waals surface area contributed by atoms with Gasteiger partial charge < -0.3 is 4.74 Å². The molecule has 14 heavy (non-hydrogen) atoms. The van der Waals surface area contributed by atoms with Crippen molar-refractivity contribution in [3.05, 3.63) is 0 Å². The summed E-state index contributed by atoms with van der Waals surface area (Å²) in [6, 6.07) is 0. The van der Waals surface area contributed by atoms with Gasteiger partial charge in [-0.2, -0.15) is 0 Å². The van der Waals surface area contributed by atoms with Crippen molar-refractivity contribution in [2.45, 2.75) is 69.2 Å². The van der Waals surface area contributed by atoms with Crippen molar-refractivity contribution in [3.63, 3.8) is 0 Å². The lowest BCUT2D eigenvalue weighted by Crippen LogP contribution is -2.26. The van der Waals surface area contributed by atoms with Crippen molar-refractivity contribution in [1.82, 2.24) is 0 Å². The molecule has 0 heterocycles. The van der Waals surface area contributed by atoms with E-state index < -0.39 is 0 Å². The summed E-state index contributed by atoms with van der Waals surface area (Å²) >= 11 is 3.77. The molecule has 0 aromatic rings. The summed E-state index contributed by atoms with van der Waals surface area (Å²) in [4.78, 5) is 0.597. The Morgan fingerprint density at radius 2 is 1.86 bits per heavy atom. The number of unbranched alkanes of at least 4 members (excludes halogenated alkanes) is 1.